The van der Waals surface area contributed by atoms with Crippen LogP contribution in [0.4, 0.5) is 8.78 Å². The summed E-state index contributed by atoms with van der Waals surface area (Å²) in [6.45, 7) is 4.13. The van der Waals surface area contributed by atoms with E-state index in [-0.39, 0.29) is 0 Å². The van der Waals surface area contributed by atoms with Gasteiger partial charge in [-0.3, -0.25) is 0 Å². The van der Waals surface area contributed by atoms with Gasteiger partial charge in [0, 0.05) is 37.3 Å². The first-order valence-corrected chi connectivity index (χ1v) is 6.84. The molecule has 108 valence electrons. The fraction of sp³-hybridized carbons (Fsp3) is 0.467. The van der Waals surface area contributed by atoms with Crippen LogP contribution in [0.15, 0.2) is 18.3 Å². The normalized spacial score (nSPS) is 23.8. The van der Waals surface area contributed by atoms with E-state index >= 15 is 0 Å². The Morgan fingerprint density at radius 2 is 2.20 bits per heavy atom. The number of halogens is 2. The lowest BCUT2D eigenvalue weighted by molar-refractivity contribution is 0.0690. The highest BCUT2D eigenvalue weighted by molar-refractivity contribution is 5.83. The van der Waals surface area contributed by atoms with Gasteiger partial charge in [0.15, 0.2) is 0 Å². The van der Waals surface area contributed by atoms with Crippen molar-refractivity contribution in [3.63, 3.8) is 0 Å². The SMILES string of the molecule is CC1(O)CCN(CCc2c[nH]c3c(F)cc(F)cc23)C1. The van der Waals surface area contributed by atoms with Crippen LogP contribution in [0.1, 0.15) is 18.9 Å². The predicted molar refractivity (Wildman–Crippen MR) is 73.6 cm³/mol. The molecule has 20 heavy (non-hydrogen) atoms. The molecule has 1 unspecified atom stereocenters. The summed E-state index contributed by atoms with van der Waals surface area (Å²) in [4.78, 5) is 5.04. The van der Waals surface area contributed by atoms with Gasteiger partial charge in [0.2, 0.25) is 0 Å². The number of H-pyrrole nitrogens is 1. The van der Waals surface area contributed by atoms with Gasteiger partial charge < -0.3 is 15.0 Å². The summed E-state index contributed by atoms with van der Waals surface area (Å²) in [5.74, 6) is -1.12. The Hall–Kier alpha value is -1.46. The highest BCUT2D eigenvalue weighted by atomic mass is 19.1. The van der Waals surface area contributed by atoms with Crippen molar-refractivity contribution in [2.24, 2.45) is 0 Å². The van der Waals surface area contributed by atoms with Crippen molar-refractivity contribution in [2.75, 3.05) is 19.6 Å². The Labute approximate surface area is 116 Å². The Bertz CT molecular complexity index is 636. The van der Waals surface area contributed by atoms with Gasteiger partial charge in [-0.2, -0.15) is 0 Å². The summed E-state index contributed by atoms with van der Waals surface area (Å²) < 4.78 is 26.9. The number of likely N-dealkylation sites (tertiary alicyclic amines) is 1. The van der Waals surface area contributed by atoms with Gasteiger partial charge in [0.05, 0.1) is 11.1 Å². The van der Waals surface area contributed by atoms with Crippen molar-refractivity contribution in [3.8, 4) is 0 Å². The van der Waals surface area contributed by atoms with Crippen molar-refractivity contribution in [1.29, 1.82) is 0 Å². The first kappa shape index (κ1) is 13.5. The molecule has 1 aromatic carbocycles. The van der Waals surface area contributed by atoms with E-state index in [2.05, 4.69) is 9.88 Å². The van der Waals surface area contributed by atoms with Crippen LogP contribution in [0.2, 0.25) is 0 Å². The van der Waals surface area contributed by atoms with Gasteiger partial charge in [0.1, 0.15) is 11.6 Å². The molecule has 5 heteroatoms. The number of rotatable bonds is 3. The highest BCUT2D eigenvalue weighted by Gasteiger charge is 2.30. The maximum absolute atomic E-state index is 13.6. The van der Waals surface area contributed by atoms with Gasteiger partial charge in [-0.1, -0.05) is 0 Å². The zero-order valence-corrected chi connectivity index (χ0v) is 11.4. The number of aromatic amines is 1. The van der Waals surface area contributed by atoms with E-state index in [4.69, 9.17) is 0 Å². The lowest BCUT2D eigenvalue weighted by Gasteiger charge is -2.18. The Balaban J connectivity index is 1.75. The molecule has 2 N–H and O–H groups in total. The third-order valence-electron chi connectivity index (χ3n) is 4.02. The molecule has 0 amide bonds. The average Bonchev–Trinajstić information content (AvgIpc) is 2.90. The van der Waals surface area contributed by atoms with Crippen molar-refractivity contribution in [3.05, 3.63) is 35.5 Å². The number of aliphatic hydroxyl groups is 1. The fourth-order valence-electron chi connectivity index (χ4n) is 2.93. The van der Waals surface area contributed by atoms with Gasteiger partial charge in [-0.15, -0.1) is 0 Å². The van der Waals surface area contributed by atoms with Crippen LogP contribution in [0, 0.1) is 11.6 Å². The molecule has 0 bridgehead atoms. The Morgan fingerprint density at radius 3 is 2.90 bits per heavy atom. The minimum Gasteiger partial charge on any atom is -0.389 e. The van der Waals surface area contributed by atoms with Crippen LogP contribution < -0.4 is 0 Å². The van der Waals surface area contributed by atoms with Crippen LogP contribution in [0.3, 0.4) is 0 Å². The van der Waals surface area contributed by atoms with E-state index < -0.39 is 17.2 Å². The number of fused-ring (bicyclic) bond motifs is 1. The molecule has 1 fully saturated rings. The standard InChI is InChI=1S/C15H18F2N2O/c1-15(20)3-5-19(9-15)4-2-10-8-18-14-12(10)6-11(16)7-13(14)17/h6-8,18,20H,2-5,9H2,1H3. The zero-order chi connectivity index (χ0) is 14.3. The quantitative estimate of drug-likeness (QED) is 0.906. The summed E-state index contributed by atoms with van der Waals surface area (Å²) in [7, 11) is 0. The van der Waals surface area contributed by atoms with Gasteiger partial charge in [-0.25, -0.2) is 8.78 Å². The number of nitrogens with one attached hydrogen (secondary N) is 1. The monoisotopic (exact) mass is 280 g/mol. The molecule has 0 saturated carbocycles. The number of hydrogen-bond acceptors (Lipinski definition) is 2. The van der Waals surface area contributed by atoms with E-state index in [0.717, 1.165) is 31.1 Å². The number of β-amino-alcohol motifs (C(OH)–C–C–N with tert-alkyl or cyclic N) is 1. The number of aromatic nitrogens is 1. The fourth-order valence-corrected chi connectivity index (χ4v) is 2.93. The number of benzene rings is 1. The predicted octanol–water partition coefficient (Wildman–Crippen LogP) is 2.45. The average molecular weight is 280 g/mol. The number of nitrogens with zero attached hydrogens (tertiary/aromatic N) is 1. The largest absolute Gasteiger partial charge is 0.389 e. The number of hydrogen-bond donors (Lipinski definition) is 2. The van der Waals surface area contributed by atoms with E-state index in [1.807, 2.05) is 6.92 Å². The molecule has 3 rings (SSSR count). The third kappa shape index (κ3) is 2.55. The first-order chi connectivity index (χ1) is 9.44. The van der Waals surface area contributed by atoms with E-state index in [1.54, 1.807) is 6.20 Å². The molecule has 2 aromatic rings. The van der Waals surface area contributed by atoms with E-state index in [9.17, 15) is 13.9 Å². The Kier molecular flexibility index (Phi) is 3.26. The molecule has 1 atom stereocenters. The van der Waals surface area contributed by atoms with Crippen molar-refractivity contribution >= 4 is 10.9 Å². The molecule has 1 aromatic heterocycles. The second kappa shape index (κ2) is 4.82. The van der Waals surface area contributed by atoms with Crippen molar-refractivity contribution in [2.45, 2.75) is 25.4 Å². The van der Waals surface area contributed by atoms with Crippen LogP contribution >= 0.6 is 0 Å². The third-order valence-corrected chi connectivity index (χ3v) is 4.02. The maximum atomic E-state index is 13.6. The molecule has 1 aliphatic rings. The van der Waals surface area contributed by atoms with Crippen LogP contribution in [0.25, 0.3) is 10.9 Å². The van der Waals surface area contributed by atoms with Crippen LogP contribution in [0.5, 0.6) is 0 Å². The van der Waals surface area contributed by atoms with Crippen LogP contribution in [-0.4, -0.2) is 40.2 Å². The lowest BCUT2D eigenvalue weighted by atomic mass is 10.1. The summed E-state index contributed by atoms with van der Waals surface area (Å²) in [5.41, 5.74) is 0.651. The summed E-state index contributed by atoms with van der Waals surface area (Å²) >= 11 is 0. The maximum Gasteiger partial charge on any atom is 0.150 e. The minimum atomic E-state index is -0.613. The van der Waals surface area contributed by atoms with Crippen molar-refractivity contribution < 1.29 is 13.9 Å². The second-order valence-electron chi connectivity index (χ2n) is 5.90. The molecule has 2 heterocycles. The van der Waals surface area contributed by atoms with Gasteiger partial charge in [0.25, 0.3) is 0 Å². The smallest absolute Gasteiger partial charge is 0.150 e. The van der Waals surface area contributed by atoms with Gasteiger partial charge >= 0.3 is 0 Å². The summed E-state index contributed by atoms with van der Waals surface area (Å²) in [6, 6.07) is 2.25. The highest BCUT2D eigenvalue weighted by Crippen LogP contribution is 2.24. The molecule has 0 aliphatic carbocycles. The molecule has 0 spiro atoms. The van der Waals surface area contributed by atoms with E-state index in [1.165, 1.54) is 6.07 Å². The minimum absolute atomic E-state index is 0.356. The summed E-state index contributed by atoms with van der Waals surface area (Å²) in [5, 5.41) is 10.5. The first-order valence-electron chi connectivity index (χ1n) is 6.84. The molecule has 1 saturated heterocycles. The summed E-state index contributed by atoms with van der Waals surface area (Å²) in [6.07, 6.45) is 3.21. The zero-order valence-electron chi connectivity index (χ0n) is 11.4. The van der Waals surface area contributed by atoms with Gasteiger partial charge in [-0.05, 0) is 31.4 Å². The molecule has 3 nitrogen and oxygen atoms in total. The molecular formula is C15H18F2N2O. The lowest BCUT2D eigenvalue weighted by Crippen LogP contribution is -2.30. The Morgan fingerprint density at radius 1 is 1.40 bits per heavy atom. The second-order valence-corrected chi connectivity index (χ2v) is 5.90. The molecule has 0 radical (unpaired) electrons. The molecular weight excluding hydrogens is 262 g/mol. The van der Waals surface area contributed by atoms with Crippen LogP contribution in [-0.2, 0) is 6.42 Å². The molecule has 1 aliphatic heterocycles. The topological polar surface area (TPSA) is 39.3 Å². The van der Waals surface area contributed by atoms with E-state index in [0.29, 0.717) is 23.9 Å². The van der Waals surface area contributed by atoms with Crippen molar-refractivity contribution in [1.82, 2.24) is 9.88 Å².